The maximum absolute atomic E-state index is 15.2. The van der Waals surface area contributed by atoms with Crippen LogP contribution in [-0.4, -0.2) is 320 Å². The predicted octanol–water partition coefficient (Wildman–Crippen LogP) is -4.02. The topological polar surface area (TPSA) is 795 Å². The fourth-order valence-corrected chi connectivity index (χ4v) is 17.8. The number of carboxylic acids is 2. The van der Waals surface area contributed by atoms with E-state index in [0.717, 1.165) is 0 Å². The lowest BCUT2D eigenvalue weighted by Gasteiger charge is -2.32. The molecule has 0 saturated carbocycles. The summed E-state index contributed by atoms with van der Waals surface area (Å²) in [5, 5.41) is 68.8. The minimum atomic E-state index is -1.88. The lowest BCUT2D eigenvalue weighted by molar-refractivity contribution is -0.152. The molecule has 0 aliphatic carbocycles. The molecule has 6 rings (SSSR count). The van der Waals surface area contributed by atoms with Crippen molar-refractivity contribution in [2.75, 3.05) is 56.7 Å². The summed E-state index contributed by atoms with van der Waals surface area (Å²) in [5.74, 6) is -22.9. The van der Waals surface area contributed by atoms with E-state index in [0.29, 0.717) is 66.2 Å². The molecule has 0 bridgehead atoms. The third kappa shape index (κ3) is 41.1. The Morgan fingerprint density at radius 3 is 1.37 bits per heavy atom. The third-order valence-electron chi connectivity index (χ3n) is 25.6. The maximum atomic E-state index is 15.2. The van der Waals surface area contributed by atoms with Gasteiger partial charge in [-0.05, 0) is 188 Å². The predicted molar refractivity (Wildman–Crippen MR) is 554 cm³/mol. The molecule has 2 aliphatic heterocycles. The van der Waals surface area contributed by atoms with Gasteiger partial charge in [0, 0.05) is 68.7 Å². The van der Waals surface area contributed by atoms with Gasteiger partial charge >= 0.3 is 11.9 Å². The SMILES string of the molecule is CC[C@H](C)[C@H](NC(=O)[C@H](Cc1ccccc1)NC(=O)[C@H](CCC(N)=O)NC(=O)[C@@H](N)CCCCN)C(=O)N[C@@H](CC(N)=O)C(=O)N[C@@H](CCSC)C(=O)N[C@@H](Cc1c[nH]c2ccccc12)C(=O)N[C@@H](CCC(N)=O)C(=O)N[C@@H](CCC(=O)O)C(=O)N[C@H](C(=O)NCC(=O)N[C@@H](CCCCN)C(=O)N[C@@H](C)C(=O)N[C@@H](CCSC)C(=O)N[C@@H](Cc1ccc(O)cc1)C(=O)N[C@@H](C)C(=O)N1CCC[C@H]1C(=O)N1CCC[C@H]1C(=O)O)C(C)C. The number of H-pyrrole nitrogens is 1. The van der Waals surface area contributed by atoms with Crippen LogP contribution in [0.3, 0.4) is 0 Å². The summed E-state index contributed by atoms with van der Waals surface area (Å²) in [6.45, 7) is 8.88. The van der Waals surface area contributed by atoms with Crippen LogP contribution in [0.2, 0.25) is 0 Å². The van der Waals surface area contributed by atoms with E-state index in [1.807, 2.05) is 0 Å². The number of aromatic amines is 1. The summed E-state index contributed by atoms with van der Waals surface area (Å²) >= 11 is 2.53. The number of unbranched alkanes of at least 4 members (excludes halogenated alkanes) is 2. The van der Waals surface area contributed by atoms with E-state index in [1.54, 1.807) is 81.0 Å². The Bertz CT molecular complexity index is 5310. The number of fused-ring (bicyclic) bond motifs is 1. The van der Waals surface area contributed by atoms with E-state index < -0.39 is 283 Å². The zero-order chi connectivity index (χ0) is 111. The molecule has 18 atom stereocenters. The first-order chi connectivity index (χ1) is 71.2. The molecule has 0 radical (unpaired) electrons. The van der Waals surface area contributed by atoms with Crippen molar-refractivity contribution >= 4 is 165 Å². The molecular formula is C99H148N24O25S2. The number of likely N-dealkylation sites (tertiary alicyclic amines) is 2. The van der Waals surface area contributed by atoms with Crippen molar-refractivity contribution in [3.63, 3.8) is 0 Å². The number of nitrogens with one attached hydrogen (secondary N) is 16. The van der Waals surface area contributed by atoms with Crippen molar-refractivity contribution in [3.8, 4) is 5.75 Å². The molecule has 49 nitrogen and oxygen atoms in total. The van der Waals surface area contributed by atoms with E-state index in [1.165, 1.54) is 91.5 Å². The number of aromatic nitrogens is 1. The first-order valence-electron chi connectivity index (χ1n) is 50.2. The Balaban J connectivity index is 1.17. The van der Waals surface area contributed by atoms with Gasteiger partial charge in [-0.2, -0.15) is 23.5 Å². The number of aromatic hydroxyl groups is 1. The van der Waals surface area contributed by atoms with E-state index in [-0.39, 0.29) is 120 Å². The molecule has 0 spiro atoms. The number of carboxylic acid groups (broad SMARTS) is 2. The van der Waals surface area contributed by atoms with Gasteiger partial charge in [0.2, 0.25) is 118 Å². The Hall–Kier alpha value is -14.1. The van der Waals surface area contributed by atoms with Crippen LogP contribution >= 0.6 is 23.5 Å². The molecule has 2 aliphatic rings. The lowest BCUT2D eigenvalue weighted by Crippen LogP contribution is -2.62. The van der Waals surface area contributed by atoms with Crippen molar-refractivity contribution in [1.29, 1.82) is 0 Å². The van der Waals surface area contributed by atoms with Crippen LogP contribution < -0.4 is 114 Å². The Labute approximate surface area is 877 Å². The van der Waals surface area contributed by atoms with Gasteiger partial charge in [-0.1, -0.05) is 101 Å². The number of thioether (sulfide) groups is 2. The number of rotatable bonds is 67. The standard InChI is InChI=1S/C99H148N24O25S2/c1-9-54(4)82(121-94(142)71(47-57-21-11-10-12-22-57)117-87(135)65(33-36-76(103)125)112-84(132)62(102)24-15-17-41-100)96(144)119-73(50-78(105)127)93(141)115-69(40-46-150-8)89(137)118-72(49-59-51-106-63-25-14-13-23-61(59)63)92(140)114-66(34-37-77(104)126)86(134)113-67(35-38-80(129)130)90(138)120-81(53(2)3)95(143)107-52-79(128)110-64(26-16-18-42-101)85(133)108-55(5)83(131)111-68(39-45-149-7)88(136)116-70(48-58-29-31-60(124)32-30-58)91(139)109-56(6)97(145)122-43-19-27-74(122)98(146)123-44-20-28-75(123)99(147)148/h10-14,21-23,25,29-32,51,53-56,62,64-75,81-82,106,124H,9,15-20,24,26-28,33-50,52,100-102H2,1-8H3,(H2,103,125)(H2,104,126)(H2,105,127)(H,107,143)(H,108,133)(H,109,139)(H,110,128)(H,111,131)(H,112,132)(H,113,134)(H,114,140)(H,115,141)(H,116,136)(H,117,135)(H,118,137)(H,119,144)(H,120,138)(H,121,142)(H,129,130)(H,147,148)/t54-,55-,56-,62-,64-,65-,66-,67-,68-,69-,70-,71-,72-,73-,74-,75-,81-,82-/m0/s1. The van der Waals surface area contributed by atoms with Crippen LogP contribution in [0.4, 0.5) is 0 Å². The molecule has 2 fully saturated rings. The number of benzene rings is 3. The number of nitrogens with two attached hydrogens (primary N) is 6. The number of para-hydroxylation sites is 1. The molecule has 1 aromatic heterocycles. The number of carbonyl (C=O) groups is 22. The van der Waals surface area contributed by atoms with Gasteiger partial charge in [-0.3, -0.25) is 101 Å². The zero-order valence-electron chi connectivity index (χ0n) is 85.8. The number of phenolic OH excluding ortho intramolecular Hbond substituents is 1. The summed E-state index contributed by atoms with van der Waals surface area (Å²) < 4.78 is 0. The zero-order valence-corrected chi connectivity index (χ0v) is 87.4. The second kappa shape index (κ2) is 63.7. The first kappa shape index (κ1) is 125. The van der Waals surface area contributed by atoms with E-state index in [2.05, 4.69) is 84.7 Å². The van der Waals surface area contributed by atoms with Crippen molar-refractivity contribution in [2.45, 2.75) is 292 Å². The Morgan fingerprint density at radius 2 is 0.847 bits per heavy atom. The highest BCUT2D eigenvalue weighted by molar-refractivity contribution is 7.98. The molecule has 826 valence electrons. The normalized spacial score (nSPS) is 16.5. The van der Waals surface area contributed by atoms with Crippen LogP contribution in [0.5, 0.6) is 5.75 Å². The summed E-state index contributed by atoms with van der Waals surface area (Å²) in [6.07, 6.45) is 3.01. The monoisotopic (exact) mass is 2140 g/mol. The molecule has 4 aromatic rings. The van der Waals surface area contributed by atoms with Gasteiger partial charge in [-0.25, -0.2) is 4.79 Å². The number of amides is 20. The molecule has 2 saturated heterocycles. The first-order valence-corrected chi connectivity index (χ1v) is 52.9. The fourth-order valence-electron chi connectivity index (χ4n) is 16.8. The molecule has 0 unspecified atom stereocenters. The maximum Gasteiger partial charge on any atom is 0.326 e. The minimum Gasteiger partial charge on any atom is -0.508 e. The second-order valence-electron chi connectivity index (χ2n) is 37.6. The highest BCUT2D eigenvalue weighted by Gasteiger charge is 2.46. The largest absolute Gasteiger partial charge is 0.508 e. The van der Waals surface area contributed by atoms with Crippen LogP contribution in [0.15, 0.2) is 85.1 Å². The molecular weight excluding hydrogens is 1990 g/mol. The summed E-state index contributed by atoms with van der Waals surface area (Å²) in [7, 11) is 0. The van der Waals surface area contributed by atoms with Gasteiger partial charge < -0.3 is 144 Å². The average Bonchev–Trinajstić information content (AvgIpc) is 1.65. The van der Waals surface area contributed by atoms with Crippen molar-refractivity contribution in [2.24, 2.45) is 46.2 Å². The molecule has 51 heteroatoms. The fraction of sp³-hybridized carbons (Fsp3) is 0.576. The molecule has 3 heterocycles. The number of phenols is 1. The van der Waals surface area contributed by atoms with Gasteiger partial charge in [0.25, 0.3) is 0 Å². The molecule has 20 amide bonds. The van der Waals surface area contributed by atoms with Gasteiger partial charge in [0.15, 0.2) is 0 Å². The van der Waals surface area contributed by atoms with Crippen LogP contribution in [-0.2, 0) is 125 Å². The molecule has 150 heavy (non-hydrogen) atoms. The third-order valence-corrected chi connectivity index (χ3v) is 26.9. The number of primary amides is 3. The summed E-state index contributed by atoms with van der Waals surface area (Å²) in [5.41, 5.74) is 36.3. The Kier molecular flexibility index (Phi) is 52.9. The van der Waals surface area contributed by atoms with Gasteiger partial charge in [0.05, 0.1) is 19.0 Å². The van der Waals surface area contributed by atoms with Crippen molar-refractivity contribution in [1.82, 2.24) is 94.5 Å². The molecule has 31 N–H and O–H groups in total. The van der Waals surface area contributed by atoms with Crippen LogP contribution in [0, 0.1) is 11.8 Å². The Morgan fingerprint density at radius 1 is 0.420 bits per heavy atom. The van der Waals surface area contributed by atoms with E-state index in [9.17, 15) is 111 Å². The minimum absolute atomic E-state index is 0.0206. The summed E-state index contributed by atoms with van der Waals surface area (Å²) in [6, 6.07) is -4.19. The smallest absolute Gasteiger partial charge is 0.326 e. The van der Waals surface area contributed by atoms with E-state index >= 15 is 9.59 Å². The van der Waals surface area contributed by atoms with E-state index in [4.69, 9.17) is 34.4 Å². The summed E-state index contributed by atoms with van der Waals surface area (Å²) in [4.78, 5) is 312. The highest BCUT2D eigenvalue weighted by Crippen LogP contribution is 2.28. The number of carbonyl (C=O) groups excluding carboxylic acids is 20. The number of aliphatic carboxylic acids is 2. The van der Waals surface area contributed by atoms with Crippen molar-refractivity contribution in [3.05, 3.63) is 102 Å². The number of nitrogens with zero attached hydrogens (tertiary/aromatic N) is 2. The van der Waals surface area contributed by atoms with Crippen LogP contribution in [0.1, 0.15) is 187 Å². The lowest BCUT2D eigenvalue weighted by atomic mass is 9.96. The second-order valence-corrected chi connectivity index (χ2v) is 39.6. The highest BCUT2D eigenvalue weighted by atomic mass is 32.2. The van der Waals surface area contributed by atoms with Gasteiger partial charge in [-0.15, -0.1) is 0 Å². The number of hydrogen-bond donors (Lipinski definition) is 25. The molecule has 3 aromatic carbocycles. The van der Waals surface area contributed by atoms with Gasteiger partial charge in [0.1, 0.15) is 102 Å². The average molecular weight is 2140 g/mol. The quantitative estimate of drug-likeness (QED) is 0.0187. The number of hydrogen-bond acceptors (Lipinski definition) is 28. The van der Waals surface area contributed by atoms with Crippen molar-refractivity contribution < 1.29 is 121 Å². The van der Waals surface area contributed by atoms with Crippen LogP contribution in [0.25, 0.3) is 10.9 Å².